The Labute approximate surface area is 372 Å². The maximum Gasteiger partial charge on any atom is 0.166 e. The molecule has 0 radical (unpaired) electrons. The van der Waals surface area contributed by atoms with E-state index >= 15 is 0 Å². The Kier molecular flexibility index (Phi) is 17.9. The Morgan fingerprint density at radius 2 is 1.05 bits per heavy atom. The Hall–Kier alpha value is -8.05. The van der Waals surface area contributed by atoms with Gasteiger partial charge in [-0.3, -0.25) is 14.4 Å². The number of phenolic OH excluding ortho intramolecular Hbond substituents is 3. The molecule has 11 nitrogen and oxygen atoms in total. The number of carbonyl (C=O) groups is 3. The number of phenols is 3. The van der Waals surface area contributed by atoms with E-state index in [4.69, 9.17) is 23.7 Å². The second-order valence-electron chi connectivity index (χ2n) is 14.2. The summed E-state index contributed by atoms with van der Waals surface area (Å²) in [6, 6.07) is 48.9. The number of aryl methyl sites for hydroxylation is 1. The van der Waals surface area contributed by atoms with Crippen LogP contribution in [-0.4, -0.2) is 47.4 Å². The first-order valence-electron chi connectivity index (χ1n) is 20.3. The summed E-state index contributed by atoms with van der Waals surface area (Å²) in [7, 11) is 3.04. The van der Waals surface area contributed by atoms with Crippen LogP contribution in [0, 0.1) is 0 Å². The Morgan fingerprint density at radius 1 is 0.500 bits per heavy atom. The van der Waals surface area contributed by atoms with Gasteiger partial charge in [0.25, 0.3) is 0 Å². The summed E-state index contributed by atoms with van der Waals surface area (Å²) in [6.45, 7) is 2.86. The molecule has 7 aromatic rings. The molecular formula is C53H50O11. The van der Waals surface area contributed by atoms with Gasteiger partial charge in [0.2, 0.25) is 0 Å². The van der Waals surface area contributed by atoms with Crippen molar-refractivity contribution < 1.29 is 53.4 Å². The van der Waals surface area contributed by atoms with Crippen LogP contribution in [0.2, 0.25) is 0 Å². The summed E-state index contributed by atoms with van der Waals surface area (Å²) in [4.78, 5) is 34.6. The average Bonchev–Trinajstić information content (AvgIpc) is 3.32. The molecule has 64 heavy (non-hydrogen) atoms. The van der Waals surface area contributed by atoms with Gasteiger partial charge in [-0.1, -0.05) is 97.1 Å². The predicted octanol–water partition coefficient (Wildman–Crippen LogP) is 10.8. The largest absolute Gasteiger partial charge is 0.508 e. The fraction of sp³-hybridized carbons (Fsp3) is 0.151. The molecule has 0 aromatic heterocycles. The molecule has 0 saturated heterocycles. The van der Waals surface area contributed by atoms with Crippen LogP contribution in [0.5, 0.6) is 46.0 Å². The van der Waals surface area contributed by atoms with Gasteiger partial charge in [0, 0.05) is 24.1 Å². The number of rotatable bonds is 17. The molecule has 0 aliphatic rings. The predicted molar refractivity (Wildman–Crippen MR) is 244 cm³/mol. The summed E-state index contributed by atoms with van der Waals surface area (Å²) in [5, 5.41) is 28.5. The maximum atomic E-state index is 12.0. The summed E-state index contributed by atoms with van der Waals surface area (Å²) in [5.41, 5.74) is 5.29. The standard InChI is InChI=1S/C22H20O3.C16H16O5.C15H14O3/c1-17(23)21-13-12-20(24-15-18-8-4-2-5-9-18)14-22(21)25-16-19-10-6-3-7-11-19;1-21-16-7-3-10(8-15(16)20)2-6-13(18)12-5-4-11(17)9-14(12)19;1-17-14-8-7-13(10-16)9-15(14)18-11-12-5-3-2-4-6-12/h2-14H,15-16H2,1H3;3-5,7-9,17,19-20H,2,6H2,1H3;2-10H,11H2,1H3. The minimum Gasteiger partial charge on any atom is -0.508 e. The van der Waals surface area contributed by atoms with Crippen molar-refractivity contribution in [2.45, 2.75) is 39.6 Å². The lowest BCUT2D eigenvalue weighted by Gasteiger charge is -2.13. The number of benzene rings is 7. The summed E-state index contributed by atoms with van der Waals surface area (Å²) < 4.78 is 27.5. The van der Waals surface area contributed by atoms with E-state index in [0.717, 1.165) is 34.6 Å². The Balaban J connectivity index is 0.000000183. The number of hydrogen-bond donors (Lipinski definition) is 3. The Morgan fingerprint density at radius 3 is 1.58 bits per heavy atom. The van der Waals surface area contributed by atoms with E-state index in [1.165, 1.54) is 26.2 Å². The first-order chi connectivity index (χ1) is 31.1. The Bertz CT molecular complexity index is 2580. The molecule has 0 amide bonds. The van der Waals surface area contributed by atoms with Gasteiger partial charge in [-0.25, -0.2) is 0 Å². The van der Waals surface area contributed by atoms with Crippen LogP contribution in [-0.2, 0) is 26.2 Å². The summed E-state index contributed by atoms with van der Waals surface area (Å²) >= 11 is 0. The average molecular weight is 863 g/mol. The molecule has 7 rings (SSSR count). The number of ether oxygens (including phenoxy) is 5. The minimum atomic E-state index is -0.238. The molecule has 0 bridgehead atoms. The van der Waals surface area contributed by atoms with Crippen molar-refractivity contribution in [3.8, 4) is 46.0 Å². The lowest BCUT2D eigenvalue weighted by atomic mass is 10.0. The van der Waals surface area contributed by atoms with E-state index in [0.29, 0.717) is 66.1 Å². The van der Waals surface area contributed by atoms with E-state index in [1.54, 1.807) is 61.7 Å². The van der Waals surface area contributed by atoms with Crippen molar-refractivity contribution in [2.24, 2.45) is 0 Å². The number of Topliss-reactive ketones (excluding diaryl/α,β-unsaturated/α-hetero) is 2. The van der Waals surface area contributed by atoms with Gasteiger partial charge in [0.05, 0.1) is 25.3 Å². The molecule has 0 heterocycles. The van der Waals surface area contributed by atoms with Crippen molar-refractivity contribution in [1.29, 1.82) is 0 Å². The number of ketones is 2. The van der Waals surface area contributed by atoms with Crippen LogP contribution >= 0.6 is 0 Å². The number of aromatic hydroxyl groups is 3. The van der Waals surface area contributed by atoms with Crippen molar-refractivity contribution in [1.82, 2.24) is 0 Å². The van der Waals surface area contributed by atoms with E-state index in [2.05, 4.69) is 0 Å². The fourth-order valence-electron chi connectivity index (χ4n) is 6.13. The van der Waals surface area contributed by atoms with E-state index < -0.39 is 0 Å². The van der Waals surface area contributed by atoms with E-state index in [1.807, 2.05) is 91.0 Å². The number of hydrogen-bond acceptors (Lipinski definition) is 11. The third-order valence-electron chi connectivity index (χ3n) is 9.54. The topological polar surface area (TPSA) is 158 Å². The first kappa shape index (κ1) is 47.0. The molecule has 0 aliphatic heterocycles. The van der Waals surface area contributed by atoms with E-state index in [9.17, 15) is 29.7 Å². The van der Waals surface area contributed by atoms with Crippen molar-refractivity contribution >= 4 is 17.9 Å². The number of carbonyl (C=O) groups excluding carboxylic acids is 3. The van der Waals surface area contributed by atoms with Gasteiger partial charge in [0.1, 0.15) is 49.1 Å². The molecule has 0 unspecified atom stereocenters. The molecule has 0 atom stereocenters. The highest BCUT2D eigenvalue weighted by Crippen LogP contribution is 2.30. The molecular weight excluding hydrogens is 813 g/mol. The molecule has 0 spiro atoms. The maximum absolute atomic E-state index is 12.0. The second-order valence-corrected chi connectivity index (χ2v) is 14.2. The van der Waals surface area contributed by atoms with Crippen molar-refractivity contribution in [3.05, 3.63) is 203 Å². The number of methoxy groups -OCH3 is 2. The highest BCUT2D eigenvalue weighted by atomic mass is 16.5. The quantitative estimate of drug-likeness (QED) is 0.0591. The lowest BCUT2D eigenvalue weighted by Crippen LogP contribution is -2.03. The highest BCUT2D eigenvalue weighted by Gasteiger charge is 2.14. The van der Waals surface area contributed by atoms with Crippen molar-refractivity contribution in [3.63, 3.8) is 0 Å². The fourth-order valence-corrected chi connectivity index (χ4v) is 6.13. The zero-order valence-corrected chi connectivity index (χ0v) is 35.8. The normalized spacial score (nSPS) is 10.2. The molecule has 3 N–H and O–H groups in total. The second kappa shape index (κ2) is 24.4. The van der Waals surface area contributed by atoms with E-state index in [-0.39, 0.29) is 40.8 Å². The van der Waals surface area contributed by atoms with Crippen LogP contribution in [0.3, 0.4) is 0 Å². The van der Waals surface area contributed by atoms with Crippen LogP contribution in [0.1, 0.15) is 66.7 Å². The molecule has 7 aromatic carbocycles. The SMILES string of the molecule is CC(=O)c1ccc(OCc2ccccc2)cc1OCc1ccccc1.COc1ccc(C=O)cc1OCc1ccccc1.COc1ccc(CCC(=O)c2ccc(O)cc2O)cc1O. The first-order valence-corrected chi connectivity index (χ1v) is 20.3. The zero-order valence-electron chi connectivity index (χ0n) is 35.8. The van der Waals surface area contributed by atoms with Crippen LogP contribution in [0.4, 0.5) is 0 Å². The van der Waals surface area contributed by atoms with Gasteiger partial charge in [0.15, 0.2) is 34.6 Å². The summed E-state index contributed by atoms with van der Waals surface area (Å²) in [6.07, 6.45) is 1.40. The monoisotopic (exact) mass is 862 g/mol. The van der Waals surface area contributed by atoms with Crippen LogP contribution in [0.15, 0.2) is 164 Å². The third-order valence-corrected chi connectivity index (χ3v) is 9.54. The third kappa shape index (κ3) is 14.6. The van der Waals surface area contributed by atoms with Gasteiger partial charge in [-0.15, -0.1) is 0 Å². The van der Waals surface area contributed by atoms with Gasteiger partial charge in [-0.05, 0) is 90.2 Å². The molecule has 0 aliphatic carbocycles. The molecule has 0 fully saturated rings. The number of aldehydes is 1. The minimum absolute atomic E-state index is 0.0231. The van der Waals surface area contributed by atoms with Gasteiger partial charge in [-0.2, -0.15) is 0 Å². The van der Waals surface area contributed by atoms with Crippen LogP contribution in [0.25, 0.3) is 0 Å². The smallest absolute Gasteiger partial charge is 0.166 e. The van der Waals surface area contributed by atoms with Crippen molar-refractivity contribution in [2.75, 3.05) is 14.2 Å². The zero-order chi connectivity index (χ0) is 45.7. The van der Waals surface area contributed by atoms with Gasteiger partial charge < -0.3 is 39.0 Å². The molecule has 0 saturated carbocycles. The van der Waals surface area contributed by atoms with Gasteiger partial charge >= 0.3 is 0 Å². The highest BCUT2D eigenvalue weighted by molar-refractivity contribution is 5.99. The molecule has 11 heteroatoms. The summed E-state index contributed by atoms with van der Waals surface area (Å²) in [5.74, 6) is 2.22. The molecule has 328 valence electrons. The lowest BCUT2D eigenvalue weighted by molar-refractivity contribution is 0.0977. The van der Waals surface area contributed by atoms with Crippen LogP contribution < -0.4 is 23.7 Å².